The van der Waals surface area contributed by atoms with E-state index in [-0.39, 0.29) is 17.6 Å². The molecule has 3 aromatic heterocycles. The molecule has 0 aromatic carbocycles. The molecule has 0 unspecified atom stereocenters. The number of fused-ring (bicyclic) bond motifs is 1. The first kappa shape index (κ1) is 15.4. The van der Waals surface area contributed by atoms with Crippen LogP contribution in [0, 0.1) is 6.92 Å². The highest BCUT2D eigenvalue weighted by Gasteiger charge is 2.35. The van der Waals surface area contributed by atoms with Gasteiger partial charge in [-0.2, -0.15) is 15.4 Å². The van der Waals surface area contributed by atoms with Gasteiger partial charge < -0.3 is 4.74 Å². The fraction of sp³-hybridized carbons (Fsp3) is 0.467. The van der Waals surface area contributed by atoms with Crippen molar-refractivity contribution in [2.75, 3.05) is 20.2 Å². The van der Waals surface area contributed by atoms with Crippen molar-refractivity contribution in [1.29, 1.82) is 0 Å². The van der Waals surface area contributed by atoms with E-state index in [0.29, 0.717) is 6.54 Å². The minimum absolute atomic E-state index is 0.0325. The Morgan fingerprint density at radius 3 is 3.08 bits per heavy atom. The Hall–Kier alpha value is -2.10. The molecule has 0 spiro atoms. The van der Waals surface area contributed by atoms with Gasteiger partial charge in [-0.25, -0.2) is 4.98 Å². The second kappa shape index (κ2) is 6.08. The lowest BCUT2D eigenvalue weighted by Gasteiger charge is -2.14. The van der Waals surface area contributed by atoms with Crippen molar-refractivity contribution in [3.63, 3.8) is 0 Å². The maximum atomic E-state index is 12.2. The molecule has 126 valence electrons. The Labute approximate surface area is 142 Å². The summed E-state index contributed by atoms with van der Waals surface area (Å²) >= 11 is 1.53. The fourth-order valence-electron chi connectivity index (χ4n) is 3.26. The molecule has 9 heteroatoms. The number of methoxy groups -OCH3 is 1. The van der Waals surface area contributed by atoms with Crippen LogP contribution in [0.2, 0.25) is 0 Å². The van der Waals surface area contributed by atoms with Crippen LogP contribution in [-0.4, -0.2) is 56.0 Å². The van der Waals surface area contributed by atoms with Crippen LogP contribution in [0.15, 0.2) is 23.3 Å². The Kier molecular flexibility index (Phi) is 3.91. The van der Waals surface area contributed by atoms with E-state index >= 15 is 0 Å². The van der Waals surface area contributed by atoms with E-state index in [1.165, 1.54) is 11.3 Å². The van der Waals surface area contributed by atoms with Gasteiger partial charge in [0, 0.05) is 49.8 Å². The highest BCUT2D eigenvalue weighted by atomic mass is 32.1. The predicted octanol–water partition coefficient (Wildman–Crippen LogP) is 0.797. The molecule has 1 fully saturated rings. The number of rotatable bonds is 4. The molecule has 1 aliphatic rings. The summed E-state index contributed by atoms with van der Waals surface area (Å²) in [7, 11) is 1.71. The number of aromatic amines is 1. The zero-order chi connectivity index (χ0) is 16.7. The number of H-pyrrole nitrogens is 1. The molecule has 4 heterocycles. The van der Waals surface area contributed by atoms with E-state index in [9.17, 15) is 4.79 Å². The van der Waals surface area contributed by atoms with Crippen molar-refractivity contribution in [1.82, 2.24) is 29.7 Å². The molecule has 0 amide bonds. The zero-order valence-corrected chi connectivity index (χ0v) is 14.3. The number of hydrogen-bond acceptors (Lipinski definition) is 7. The normalized spacial score (nSPS) is 21.8. The molecular weight excluding hydrogens is 328 g/mol. The summed E-state index contributed by atoms with van der Waals surface area (Å²) in [4.78, 5) is 20.9. The second-order valence-corrected chi connectivity index (χ2v) is 7.26. The van der Waals surface area contributed by atoms with Crippen LogP contribution in [-0.2, 0) is 11.3 Å². The van der Waals surface area contributed by atoms with Crippen molar-refractivity contribution in [2.45, 2.75) is 25.5 Å². The number of aryl methyl sites for hydroxylation is 1. The number of nitrogens with zero attached hydrogens (tertiary/aromatic N) is 5. The molecule has 1 aliphatic heterocycles. The molecule has 0 aliphatic carbocycles. The maximum Gasteiger partial charge on any atom is 0.258 e. The Bertz CT molecular complexity index is 902. The first-order valence-electron chi connectivity index (χ1n) is 7.73. The molecule has 1 N–H and O–H groups in total. The molecule has 3 aromatic rings. The Morgan fingerprint density at radius 1 is 1.46 bits per heavy atom. The highest BCUT2D eigenvalue weighted by molar-refractivity contribution is 7.16. The molecule has 8 nitrogen and oxygen atoms in total. The quantitative estimate of drug-likeness (QED) is 0.752. The van der Waals surface area contributed by atoms with E-state index < -0.39 is 0 Å². The van der Waals surface area contributed by atoms with Crippen molar-refractivity contribution in [3.8, 4) is 0 Å². The average Bonchev–Trinajstić information content (AvgIpc) is 3.25. The Balaban J connectivity index is 1.56. The van der Waals surface area contributed by atoms with Crippen LogP contribution >= 0.6 is 11.3 Å². The van der Waals surface area contributed by atoms with Gasteiger partial charge in [-0.3, -0.25) is 14.1 Å². The molecule has 0 bridgehead atoms. The van der Waals surface area contributed by atoms with Crippen molar-refractivity contribution >= 4 is 16.3 Å². The number of nitrogens with one attached hydrogen (secondary N) is 1. The fourth-order valence-corrected chi connectivity index (χ4v) is 4.11. The van der Waals surface area contributed by atoms with E-state index in [0.717, 1.165) is 34.3 Å². The molecule has 0 saturated carbocycles. The van der Waals surface area contributed by atoms with Crippen LogP contribution in [0.25, 0.3) is 4.96 Å². The minimum atomic E-state index is -0.0325. The number of ether oxygens (including phenoxy) is 1. The summed E-state index contributed by atoms with van der Waals surface area (Å²) < 4.78 is 7.21. The van der Waals surface area contributed by atoms with Crippen LogP contribution < -0.4 is 5.56 Å². The van der Waals surface area contributed by atoms with Gasteiger partial charge in [0.1, 0.15) is 0 Å². The third-order valence-electron chi connectivity index (χ3n) is 4.38. The monoisotopic (exact) mass is 346 g/mol. The maximum absolute atomic E-state index is 12.2. The standard InChI is InChI=1S/C15H18N6O2S/c1-9-5-21-14(22)3-10(17-15(21)24-9)6-20-7-11(13(8-20)23-2)12-4-16-19-18-12/h3-5,11,13H,6-8H2,1-2H3,(H,16,18,19)/t11-,13+/m0/s1. The lowest BCUT2D eigenvalue weighted by atomic mass is 10.0. The lowest BCUT2D eigenvalue weighted by molar-refractivity contribution is 0.0956. The van der Waals surface area contributed by atoms with Crippen molar-refractivity contribution in [2.24, 2.45) is 0 Å². The number of hydrogen-bond donors (Lipinski definition) is 1. The molecule has 1 saturated heterocycles. The van der Waals surface area contributed by atoms with Crippen LogP contribution in [0.3, 0.4) is 0 Å². The number of thiazole rings is 1. The van der Waals surface area contributed by atoms with Gasteiger partial charge in [0.05, 0.1) is 23.7 Å². The summed E-state index contributed by atoms with van der Waals surface area (Å²) in [5, 5.41) is 10.7. The van der Waals surface area contributed by atoms with Crippen molar-refractivity contribution < 1.29 is 4.74 Å². The SMILES string of the molecule is CO[C@@H]1CN(Cc2cc(=O)n3cc(C)sc3n2)C[C@H]1c1cn[nH]n1. The minimum Gasteiger partial charge on any atom is -0.379 e. The van der Waals surface area contributed by atoms with Crippen LogP contribution in [0.1, 0.15) is 22.2 Å². The van der Waals surface area contributed by atoms with Gasteiger partial charge in [0.15, 0.2) is 4.96 Å². The largest absolute Gasteiger partial charge is 0.379 e. The molecular formula is C15H18N6O2S. The van der Waals surface area contributed by atoms with E-state index in [2.05, 4.69) is 25.3 Å². The molecule has 24 heavy (non-hydrogen) atoms. The first-order valence-corrected chi connectivity index (χ1v) is 8.55. The smallest absolute Gasteiger partial charge is 0.258 e. The Morgan fingerprint density at radius 2 is 2.33 bits per heavy atom. The van der Waals surface area contributed by atoms with Crippen molar-refractivity contribution in [3.05, 3.63) is 45.1 Å². The second-order valence-electron chi connectivity index (χ2n) is 6.05. The third-order valence-corrected chi connectivity index (χ3v) is 5.28. The van der Waals surface area contributed by atoms with Gasteiger partial charge in [0.2, 0.25) is 0 Å². The van der Waals surface area contributed by atoms with Gasteiger partial charge >= 0.3 is 0 Å². The summed E-state index contributed by atoms with van der Waals surface area (Å²) in [5.41, 5.74) is 1.66. The van der Waals surface area contributed by atoms with Gasteiger partial charge in [-0.1, -0.05) is 0 Å². The average molecular weight is 346 g/mol. The topological polar surface area (TPSA) is 88.4 Å². The first-order chi connectivity index (χ1) is 11.6. The van der Waals surface area contributed by atoms with E-state index in [1.54, 1.807) is 23.8 Å². The van der Waals surface area contributed by atoms with Crippen LogP contribution in [0.4, 0.5) is 0 Å². The zero-order valence-electron chi connectivity index (χ0n) is 13.5. The molecule has 2 atom stereocenters. The molecule has 4 rings (SSSR count). The van der Waals surface area contributed by atoms with E-state index in [4.69, 9.17) is 4.74 Å². The number of aromatic nitrogens is 5. The highest BCUT2D eigenvalue weighted by Crippen LogP contribution is 2.28. The summed E-state index contributed by atoms with van der Waals surface area (Å²) in [6.45, 7) is 4.18. The van der Waals surface area contributed by atoms with Gasteiger partial charge in [-0.05, 0) is 6.92 Å². The lowest BCUT2D eigenvalue weighted by Crippen LogP contribution is -2.24. The summed E-state index contributed by atoms with van der Waals surface area (Å²) in [6.07, 6.45) is 3.63. The van der Waals surface area contributed by atoms with Crippen LogP contribution in [0.5, 0.6) is 0 Å². The molecule has 0 radical (unpaired) electrons. The van der Waals surface area contributed by atoms with Gasteiger partial charge in [-0.15, -0.1) is 11.3 Å². The van der Waals surface area contributed by atoms with Gasteiger partial charge in [0.25, 0.3) is 5.56 Å². The summed E-state index contributed by atoms with van der Waals surface area (Å²) in [5.74, 6) is 0.169. The predicted molar refractivity (Wildman–Crippen MR) is 89.3 cm³/mol. The summed E-state index contributed by atoms with van der Waals surface area (Å²) in [6, 6.07) is 1.62. The number of likely N-dealkylation sites (tertiary alicyclic amines) is 1. The third kappa shape index (κ3) is 2.74. The van der Waals surface area contributed by atoms with E-state index in [1.807, 2.05) is 13.1 Å².